The van der Waals surface area contributed by atoms with Crippen molar-refractivity contribution in [2.45, 2.75) is 51.2 Å². The summed E-state index contributed by atoms with van der Waals surface area (Å²) in [6.07, 6.45) is 5.06. The molecule has 41 heavy (non-hydrogen) atoms. The third-order valence-corrected chi connectivity index (χ3v) is 8.17. The molecule has 3 aromatic rings. The standard InChI is InChI=1S/C29H31F2N3O6S/c1-38-25-7-2-18(15-32-25)22-6-5-21(40-28(30)31)14-23(22)24-16-41-29(33-24)34(20-3-4-20)27(37)19(13-26(35)36)12-17-8-10-39-11-9-17/h2,5-7,14-17,19-20,28H,3-4,8-13H2,1H3,(H,35,36). The smallest absolute Gasteiger partial charge is 0.387 e. The maximum absolute atomic E-state index is 13.9. The summed E-state index contributed by atoms with van der Waals surface area (Å²) in [5, 5.41) is 11.8. The van der Waals surface area contributed by atoms with Gasteiger partial charge in [-0.25, -0.2) is 9.97 Å². The maximum atomic E-state index is 13.9. The van der Waals surface area contributed by atoms with Gasteiger partial charge in [0.15, 0.2) is 5.13 Å². The van der Waals surface area contributed by atoms with Gasteiger partial charge >= 0.3 is 12.6 Å². The lowest BCUT2D eigenvalue weighted by Crippen LogP contribution is -2.40. The number of benzene rings is 1. The maximum Gasteiger partial charge on any atom is 0.387 e. The number of halogens is 2. The van der Waals surface area contributed by atoms with Crippen LogP contribution in [0.1, 0.15) is 38.5 Å². The number of anilines is 1. The average molecular weight is 588 g/mol. The van der Waals surface area contributed by atoms with Gasteiger partial charge in [0.2, 0.25) is 11.8 Å². The molecule has 1 aliphatic carbocycles. The number of carboxylic acids is 1. The Balaban J connectivity index is 1.47. The van der Waals surface area contributed by atoms with E-state index in [1.165, 1.54) is 30.6 Å². The molecule has 1 amide bonds. The van der Waals surface area contributed by atoms with Crippen molar-refractivity contribution < 1.29 is 37.7 Å². The van der Waals surface area contributed by atoms with Gasteiger partial charge < -0.3 is 19.3 Å². The fourth-order valence-corrected chi connectivity index (χ4v) is 6.05. The molecule has 2 aromatic heterocycles. The van der Waals surface area contributed by atoms with Crippen molar-refractivity contribution in [1.29, 1.82) is 0 Å². The monoisotopic (exact) mass is 587 g/mol. The molecule has 0 bridgehead atoms. The quantitative estimate of drug-likeness (QED) is 0.280. The Morgan fingerprint density at radius 1 is 1.15 bits per heavy atom. The molecule has 0 spiro atoms. The molecule has 9 nitrogen and oxygen atoms in total. The molecule has 5 rings (SSSR count). The number of carboxylic acid groups (broad SMARTS) is 1. The second kappa shape index (κ2) is 12.9. The Kier molecular flexibility index (Phi) is 9.09. The second-order valence-electron chi connectivity index (χ2n) is 10.2. The number of nitrogens with zero attached hydrogens (tertiary/aromatic N) is 3. The summed E-state index contributed by atoms with van der Waals surface area (Å²) in [7, 11) is 1.51. The minimum atomic E-state index is -2.99. The van der Waals surface area contributed by atoms with Crippen molar-refractivity contribution in [3.63, 3.8) is 0 Å². The Morgan fingerprint density at radius 2 is 1.93 bits per heavy atom. The fourth-order valence-electron chi connectivity index (χ4n) is 5.15. The van der Waals surface area contributed by atoms with E-state index in [4.69, 9.17) is 14.5 Å². The summed E-state index contributed by atoms with van der Waals surface area (Å²) >= 11 is 1.26. The Morgan fingerprint density at radius 3 is 2.56 bits per heavy atom. The number of ether oxygens (including phenoxy) is 3. The Labute approximate surface area is 240 Å². The lowest BCUT2D eigenvalue weighted by molar-refractivity contribution is -0.141. The van der Waals surface area contributed by atoms with Gasteiger partial charge in [-0.05, 0) is 67.9 Å². The average Bonchev–Trinajstić information content (AvgIpc) is 3.68. The van der Waals surface area contributed by atoms with Crippen LogP contribution in [0.4, 0.5) is 13.9 Å². The van der Waals surface area contributed by atoms with E-state index in [-0.39, 0.29) is 30.0 Å². The van der Waals surface area contributed by atoms with E-state index in [9.17, 15) is 23.5 Å². The summed E-state index contributed by atoms with van der Waals surface area (Å²) in [6.45, 7) is -1.77. The van der Waals surface area contributed by atoms with Crippen molar-refractivity contribution >= 4 is 28.3 Å². The van der Waals surface area contributed by atoms with E-state index in [0.29, 0.717) is 53.0 Å². The van der Waals surface area contributed by atoms with Gasteiger partial charge in [0.05, 0.1) is 19.2 Å². The van der Waals surface area contributed by atoms with Gasteiger partial charge in [-0.3, -0.25) is 14.5 Å². The molecule has 12 heteroatoms. The lowest BCUT2D eigenvalue weighted by atomic mass is 9.86. The van der Waals surface area contributed by atoms with E-state index in [1.807, 2.05) is 0 Å². The highest BCUT2D eigenvalue weighted by Crippen LogP contribution is 2.41. The van der Waals surface area contributed by atoms with E-state index in [1.54, 1.807) is 34.7 Å². The number of hydrogen-bond donors (Lipinski definition) is 1. The normalized spacial score (nSPS) is 16.4. The van der Waals surface area contributed by atoms with Crippen LogP contribution in [0.2, 0.25) is 0 Å². The number of pyridine rings is 1. The zero-order chi connectivity index (χ0) is 28.9. The number of hydrogen-bond acceptors (Lipinski definition) is 8. The minimum absolute atomic E-state index is 0.0251. The second-order valence-corrected chi connectivity index (χ2v) is 11.1. The topological polar surface area (TPSA) is 111 Å². The first kappa shape index (κ1) is 28.9. The number of carbonyl (C=O) groups is 2. The number of amides is 1. The molecule has 218 valence electrons. The molecule has 1 aromatic carbocycles. The molecule has 1 saturated heterocycles. The first-order chi connectivity index (χ1) is 19.8. The molecule has 1 saturated carbocycles. The van der Waals surface area contributed by atoms with Crippen LogP contribution in [0, 0.1) is 11.8 Å². The third-order valence-electron chi connectivity index (χ3n) is 7.33. The predicted octanol–water partition coefficient (Wildman–Crippen LogP) is 5.89. The van der Waals surface area contributed by atoms with Crippen molar-refractivity contribution in [2.24, 2.45) is 11.8 Å². The van der Waals surface area contributed by atoms with Gasteiger partial charge in [-0.1, -0.05) is 0 Å². The summed E-state index contributed by atoms with van der Waals surface area (Å²) < 4.78 is 41.3. The zero-order valence-corrected chi connectivity index (χ0v) is 23.3. The molecule has 1 atom stereocenters. The molecular formula is C29H31F2N3O6S. The van der Waals surface area contributed by atoms with Crippen molar-refractivity contribution in [3.8, 4) is 34.0 Å². The largest absolute Gasteiger partial charge is 0.481 e. The summed E-state index contributed by atoms with van der Waals surface area (Å²) in [5.41, 5.74) is 2.41. The number of aromatic nitrogens is 2. The Bertz CT molecular complexity index is 1360. The number of rotatable bonds is 12. The first-order valence-corrected chi connectivity index (χ1v) is 14.4. The SMILES string of the molecule is COc1ccc(-c2ccc(OC(F)F)cc2-c2csc(N(C(=O)C(CC(=O)O)CC3CCOCC3)C3CC3)n2)cn1. The van der Waals surface area contributed by atoms with Crippen LogP contribution in [0.3, 0.4) is 0 Å². The van der Waals surface area contributed by atoms with Crippen LogP contribution in [0.15, 0.2) is 41.9 Å². The molecule has 1 aliphatic heterocycles. The van der Waals surface area contributed by atoms with Gasteiger partial charge in [-0.2, -0.15) is 8.78 Å². The van der Waals surface area contributed by atoms with E-state index in [2.05, 4.69) is 9.72 Å². The minimum Gasteiger partial charge on any atom is -0.481 e. The molecule has 2 aliphatic rings. The number of aliphatic carboxylic acids is 1. The molecule has 1 unspecified atom stereocenters. The molecule has 0 radical (unpaired) electrons. The molecule has 3 heterocycles. The zero-order valence-electron chi connectivity index (χ0n) is 22.5. The number of alkyl halides is 2. The van der Waals surface area contributed by atoms with Crippen LogP contribution in [0.5, 0.6) is 11.6 Å². The first-order valence-electron chi connectivity index (χ1n) is 13.5. The summed E-state index contributed by atoms with van der Waals surface area (Å²) in [6, 6.07) is 8.06. The number of methoxy groups -OCH3 is 1. The fraction of sp³-hybridized carbons (Fsp3) is 0.448. The van der Waals surface area contributed by atoms with Crippen LogP contribution in [-0.4, -0.2) is 59.9 Å². The van der Waals surface area contributed by atoms with Crippen LogP contribution < -0.4 is 14.4 Å². The van der Waals surface area contributed by atoms with Crippen molar-refractivity contribution in [3.05, 3.63) is 41.9 Å². The van der Waals surface area contributed by atoms with Crippen LogP contribution >= 0.6 is 11.3 Å². The third kappa shape index (κ3) is 7.17. The molecular weight excluding hydrogens is 556 g/mol. The highest BCUT2D eigenvalue weighted by molar-refractivity contribution is 7.14. The van der Waals surface area contributed by atoms with Crippen molar-refractivity contribution in [1.82, 2.24) is 9.97 Å². The number of carbonyl (C=O) groups excluding carboxylic acids is 1. The predicted molar refractivity (Wildman–Crippen MR) is 148 cm³/mol. The summed E-state index contributed by atoms with van der Waals surface area (Å²) in [5.74, 6) is -1.30. The number of thiazole rings is 1. The molecule has 1 N–H and O–H groups in total. The lowest BCUT2D eigenvalue weighted by Gasteiger charge is -2.29. The Hall–Kier alpha value is -3.64. The van der Waals surface area contributed by atoms with Crippen LogP contribution in [0.25, 0.3) is 22.4 Å². The van der Waals surface area contributed by atoms with Gasteiger partial charge in [0.25, 0.3) is 0 Å². The van der Waals surface area contributed by atoms with Gasteiger partial charge in [0, 0.05) is 53.9 Å². The van der Waals surface area contributed by atoms with E-state index >= 15 is 0 Å². The van der Waals surface area contributed by atoms with E-state index in [0.717, 1.165) is 25.7 Å². The van der Waals surface area contributed by atoms with Crippen LogP contribution in [-0.2, 0) is 14.3 Å². The molecule has 2 fully saturated rings. The highest BCUT2D eigenvalue weighted by Gasteiger charge is 2.40. The van der Waals surface area contributed by atoms with Gasteiger partial charge in [0.1, 0.15) is 5.75 Å². The van der Waals surface area contributed by atoms with E-state index < -0.39 is 18.5 Å². The van der Waals surface area contributed by atoms with Gasteiger partial charge in [-0.15, -0.1) is 11.3 Å². The highest BCUT2D eigenvalue weighted by atomic mass is 32.1. The summed E-state index contributed by atoms with van der Waals surface area (Å²) in [4.78, 5) is 36.3. The van der Waals surface area contributed by atoms with Crippen molar-refractivity contribution in [2.75, 3.05) is 25.2 Å².